The summed E-state index contributed by atoms with van der Waals surface area (Å²) in [5, 5.41) is 5.03. The lowest BCUT2D eigenvalue weighted by atomic mass is 10.0. The normalized spacial score (nSPS) is 14.8. The van der Waals surface area contributed by atoms with Crippen LogP contribution in [0.5, 0.6) is 0 Å². The quantitative estimate of drug-likeness (QED) is 0.769. The number of anilines is 2. The minimum atomic E-state index is -0.727. The molecule has 0 saturated heterocycles. The highest BCUT2D eigenvalue weighted by atomic mass is 35.5. The van der Waals surface area contributed by atoms with Gasteiger partial charge < -0.3 is 16.4 Å². The van der Waals surface area contributed by atoms with Crippen molar-refractivity contribution in [2.75, 3.05) is 10.6 Å². The predicted molar refractivity (Wildman–Crippen MR) is 72.9 cm³/mol. The first-order chi connectivity index (χ1) is 8.47. The summed E-state index contributed by atoms with van der Waals surface area (Å²) in [5.41, 5.74) is 6.68. The van der Waals surface area contributed by atoms with Crippen molar-refractivity contribution in [1.82, 2.24) is 0 Å². The number of aryl methyl sites for hydroxylation is 1. The number of benzene rings is 1. The molecule has 1 heterocycles. The smallest absolute Gasteiger partial charge is 0.241 e. The number of hydrogen-bond acceptors (Lipinski definition) is 3. The van der Waals surface area contributed by atoms with Gasteiger partial charge in [-0.05, 0) is 31.0 Å². The fraction of sp³-hybridized carbons (Fsp3) is 0.333. The molecule has 0 bridgehead atoms. The molecule has 1 aliphatic rings. The largest absolute Gasteiger partial charge is 0.326 e. The van der Waals surface area contributed by atoms with Crippen LogP contribution in [0.1, 0.15) is 18.9 Å². The summed E-state index contributed by atoms with van der Waals surface area (Å²) < 4.78 is 13.7. The van der Waals surface area contributed by atoms with Crippen LogP contribution in [0.2, 0.25) is 0 Å². The first-order valence-electron chi connectivity index (χ1n) is 5.66. The number of amides is 2. The topological polar surface area (TPSA) is 84.2 Å². The van der Waals surface area contributed by atoms with E-state index in [4.69, 9.17) is 5.73 Å². The number of carbonyl (C=O) groups is 2. The van der Waals surface area contributed by atoms with Crippen LogP contribution in [0.15, 0.2) is 12.1 Å². The van der Waals surface area contributed by atoms with Gasteiger partial charge in [0.2, 0.25) is 11.8 Å². The molecule has 2 amide bonds. The van der Waals surface area contributed by atoms with E-state index < -0.39 is 17.8 Å². The summed E-state index contributed by atoms with van der Waals surface area (Å²) in [5.74, 6) is -1.12. The lowest BCUT2D eigenvalue weighted by Gasteiger charge is -2.18. The van der Waals surface area contributed by atoms with E-state index in [-0.39, 0.29) is 24.0 Å². The van der Waals surface area contributed by atoms with Crippen molar-refractivity contribution >= 4 is 35.6 Å². The number of nitrogens with two attached hydrogens (primary N) is 1. The van der Waals surface area contributed by atoms with Crippen LogP contribution in [0.3, 0.4) is 0 Å². The predicted octanol–water partition coefficient (Wildman–Crippen LogP) is 1.42. The van der Waals surface area contributed by atoms with E-state index >= 15 is 0 Å². The van der Waals surface area contributed by atoms with Crippen molar-refractivity contribution < 1.29 is 14.0 Å². The molecule has 5 nitrogen and oxygen atoms in total. The average Bonchev–Trinajstić information content (AvgIpc) is 2.30. The van der Waals surface area contributed by atoms with Gasteiger partial charge in [-0.25, -0.2) is 4.39 Å². The fourth-order valence-corrected chi connectivity index (χ4v) is 1.74. The van der Waals surface area contributed by atoms with Crippen LogP contribution in [0, 0.1) is 5.82 Å². The molecule has 0 fully saturated rings. The van der Waals surface area contributed by atoms with Gasteiger partial charge in [0.05, 0.1) is 11.7 Å². The minimum Gasteiger partial charge on any atom is -0.326 e. The molecule has 104 valence electrons. The third-order valence-electron chi connectivity index (χ3n) is 2.76. The van der Waals surface area contributed by atoms with Crippen molar-refractivity contribution in [3.05, 3.63) is 23.5 Å². The summed E-state index contributed by atoms with van der Waals surface area (Å²) in [7, 11) is 0. The van der Waals surface area contributed by atoms with Gasteiger partial charge in [-0.3, -0.25) is 9.59 Å². The van der Waals surface area contributed by atoms with E-state index in [9.17, 15) is 14.0 Å². The second kappa shape index (κ2) is 5.99. The molecule has 0 spiro atoms. The highest BCUT2D eigenvalue weighted by molar-refractivity contribution is 5.97. The summed E-state index contributed by atoms with van der Waals surface area (Å²) in [6.07, 6.45) is 0.845. The zero-order chi connectivity index (χ0) is 13.3. The average molecular weight is 288 g/mol. The molecular weight excluding hydrogens is 273 g/mol. The molecule has 19 heavy (non-hydrogen) atoms. The molecule has 0 aromatic heterocycles. The summed E-state index contributed by atoms with van der Waals surface area (Å²) in [6.45, 7) is 1.51. The van der Waals surface area contributed by atoms with Gasteiger partial charge in [0.1, 0.15) is 5.82 Å². The fourth-order valence-electron chi connectivity index (χ4n) is 1.74. The number of halogens is 2. The summed E-state index contributed by atoms with van der Waals surface area (Å²) >= 11 is 0. The van der Waals surface area contributed by atoms with Crippen LogP contribution in [-0.4, -0.2) is 17.9 Å². The second-order valence-electron chi connectivity index (χ2n) is 4.32. The van der Waals surface area contributed by atoms with Gasteiger partial charge in [0.25, 0.3) is 0 Å². The third kappa shape index (κ3) is 3.42. The zero-order valence-electron chi connectivity index (χ0n) is 10.3. The lowest BCUT2D eigenvalue weighted by Crippen LogP contribution is -2.33. The molecule has 0 aliphatic carbocycles. The van der Waals surface area contributed by atoms with Crippen molar-refractivity contribution in [2.24, 2.45) is 5.73 Å². The molecule has 0 unspecified atom stereocenters. The maximum atomic E-state index is 13.7. The van der Waals surface area contributed by atoms with Crippen molar-refractivity contribution in [2.45, 2.75) is 25.8 Å². The van der Waals surface area contributed by atoms with Crippen LogP contribution in [0.4, 0.5) is 15.8 Å². The van der Waals surface area contributed by atoms with Gasteiger partial charge in [-0.2, -0.15) is 0 Å². The minimum absolute atomic E-state index is 0. The Morgan fingerprint density at radius 1 is 1.47 bits per heavy atom. The van der Waals surface area contributed by atoms with E-state index in [1.54, 1.807) is 0 Å². The molecule has 7 heteroatoms. The van der Waals surface area contributed by atoms with E-state index in [1.165, 1.54) is 19.1 Å². The maximum absolute atomic E-state index is 13.7. The standard InChI is InChI=1S/C12H14FN3O2.ClH/c1-6(14)12(18)16-10-5-9-7(4-8(10)13)2-3-11(17)15-9;/h4-6H,2-3,14H2,1H3,(H,15,17)(H,16,18);1H/t6-;/m0./s1. The Morgan fingerprint density at radius 2 is 2.16 bits per heavy atom. The van der Waals surface area contributed by atoms with Crippen molar-refractivity contribution in [3.8, 4) is 0 Å². The number of rotatable bonds is 2. The van der Waals surface area contributed by atoms with Crippen LogP contribution < -0.4 is 16.4 Å². The van der Waals surface area contributed by atoms with Gasteiger partial charge in [0, 0.05) is 12.1 Å². The Hall–Kier alpha value is -1.66. The van der Waals surface area contributed by atoms with Crippen LogP contribution in [-0.2, 0) is 16.0 Å². The zero-order valence-corrected chi connectivity index (χ0v) is 11.1. The molecule has 2 rings (SSSR count). The van der Waals surface area contributed by atoms with E-state index in [1.807, 2.05) is 0 Å². The Kier molecular flexibility index (Phi) is 4.85. The number of carbonyl (C=O) groups excluding carboxylic acids is 2. The summed E-state index contributed by atoms with van der Waals surface area (Å²) in [4.78, 5) is 22.6. The molecule has 0 saturated carbocycles. The third-order valence-corrected chi connectivity index (χ3v) is 2.76. The van der Waals surface area contributed by atoms with Gasteiger partial charge >= 0.3 is 0 Å². The molecule has 1 atom stereocenters. The molecule has 1 aromatic carbocycles. The lowest BCUT2D eigenvalue weighted by molar-refractivity contribution is -0.117. The van der Waals surface area contributed by atoms with Gasteiger partial charge in [-0.15, -0.1) is 12.4 Å². The molecule has 1 aliphatic heterocycles. The number of fused-ring (bicyclic) bond motifs is 1. The maximum Gasteiger partial charge on any atom is 0.241 e. The van der Waals surface area contributed by atoms with E-state index in [0.717, 1.165) is 5.56 Å². The van der Waals surface area contributed by atoms with Crippen LogP contribution in [0.25, 0.3) is 0 Å². The Morgan fingerprint density at radius 3 is 2.79 bits per heavy atom. The summed E-state index contributed by atoms with van der Waals surface area (Å²) in [6, 6.07) is 2.02. The first kappa shape index (κ1) is 15.4. The first-order valence-corrected chi connectivity index (χ1v) is 5.66. The highest BCUT2D eigenvalue weighted by Gasteiger charge is 2.19. The molecule has 4 N–H and O–H groups in total. The molecule has 0 radical (unpaired) electrons. The van der Waals surface area contributed by atoms with Crippen molar-refractivity contribution in [1.29, 1.82) is 0 Å². The van der Waals surface area contributed by atoms with Gasteiger partial charge in [0.15, 0.2) is 0 Å². The molecule has 1 aromatic rings. The van der Waals surface area contributed by atoms with E-state index in [0.29, 0.717) is 18.5 Å². The van der Waals surface area contributed by atoms with Gasteiger partial charge in [-0.1, -0.05) is 0 Å². The second-order valence-corrected chi connectivity index (χ2v) is 4.32. The monoisotopic (exact) mass is 287 g/mol. The Bertz CT molecular complexity index is 520. The van der Waals surface area contributed by atoms with Crippen LogP contribution >= 0.6 is 12.4 Å². The van der Waals surface area contributed by atoms with Crippen molar-refractivity contribution in [3.63, 3.8) is 0 Å². The number of hydrogen-bond donors (Lipinski definition) is 3. The number of nitrogens with one attached hydrogen (secondary N) is 2. The SMILES string of the molecule is C[C@H](N)C(=O)Nc1cc2c(cc1F)CCC(=O)N2.Cl. The highest BCUT2D eigenvalue weighted by Crippen LogP contribution is 2.28. The van der Waals surface area contributed by atoms with E-state index in [2.05, 4.69) is 10.6 Å². The molecular formula is C12H15ClFN3O2. The Labute approximate surface area is 116 Å². The Balaban J connectivity index is 0.00000180.